The van der Waals surface area contributed by atoms with Crippen molar-refractivity contribution in [2.75, 3.05) is 65.9 Å². The zero-order valence-corrected chi connectivity index (χ0v) is 29.9. The van der Waals surface area contributed by atoms with Gasteiger partial charge in [0.25, 0.3) is 0 Å². The van der Waals surface area contributed by atoms with Gasteiger partial charge in [0.2, 0.25) is 11.8 Å². The first kappa shape index (κ1) is 44.9. The molecule has 0 bridgehead atoms. The maximum Gasteiger partial charge on any atom is 0.326 e. The van der Waals surface area contributed by atoms with E-state index in [2.05, 4.69) is 23.8 Å². The van der Waals surface area contributed by atoms with Gasteiger partial charge in [0.15, 0.2) is 11.0 Å². The molecule has 3 atom stereocenters. The molecule has 0 rings (SSSR count). The minimum absolute atomic E-state index is 0.0419. The zero-order chi connectivity index (χ0) is 35.1. The Bertz CT molecular complexity index is 880. The summed E-state index contributed by atoms with van der Waals surface area (Å²) in [5.41, 5.74) is -0.0839. The molecule has 3 N–H and O–H groups in total. The van der Waals surface area contributed by atoms with Gasteiger partial charge in [0.05, 0.1) is 52.9 Å². The van der Waals surface area contributed by atoms with Crippen molar-refractivity contribution in [3.63, 3.8) is 0 Å². The standard InChI is InChI=1S/C31H56N2O12P2/c34-26(9-7-5-3-1-2-4-6-8-10-28(36)37)32-25(31(40)41)11-12-27(35)33(15-19-44-23-21-42-17-13-29(38)46)16-20-45-24-22-43-18-14-30(39)47/h25H,1-24,46-47H2,(H,32,34)(H,36,37)(H,40,41). The number of nitrogens with one attached hydrogen (secondary N) is 1. The molecule has 0 saturated heterocycles. The van der Waals surface area contributed by atoms with E-state index in [9.17, 15) is 33.9 Å². The van der Waals surface area contributed by atoms with E-state index in [-0.39, 0.29) is 88.1 Å². The van der Waals surface area contributed by atoms with Gasteiger partial charge < -0.3 is 39.4 Å². The van der Waals surface area contributed by atoms with Crippen molar-refractivity contribution in [1.82, 2.24) is 10.2 Å². The van der Waals surface area contributed by atoms with Gasteiger partial charge in [0.1, 0.15) is 6.04 Å². The molecule has 0 saturated carbocycles. The van der Waals surface area contributed by atoms with Crippen LogP contribution in [0, 0.1) is 0 Å². The minimum Gasteiger partial charge on any atom is -0.481 e. The lowest BCUT2D eigenvalue weighted by Crippen LogP contribution is -2.42. The topological polar surface area (TPSA) is 195 Å². The molecule has 0 fully saturated rings. The first-order valence-corrected chi connectivity index (χ1v) is 17.6. The molecule has 0 aromatic rings. The fourth-order valence-corrected chi connectivity index (χ4v) is 4.51. The average Bonchev–Trinajstić information content (AvgIpc) is 3.00. The van der Waals surface area contributed by atoms with Crippen molar-refractivity contribution >= 4 is 53.3 Å². The molecule has 0 aliphatic heterocycles. The van der Waals surface area contributed by atoms with Crippen LogP contribution in [0.25, 0.3) is 0 Å². The average molecular weight is 711 g/mol. The number of carboxylic acid groups (broad SMARTS) is 2. The van der Waals surface area contributed by atoms with Crippen LogP contribution in [0.2, 0.25) is 0 Å². The van der Waals surface area contributed by atoms with E-state index in [1.54, 1.807) is 0 Å². The highest BCUT2D eigenvalue weighted by Gasteiger charge is 2.23. The summed E-state index contributed by atoms with van der Waals surface area (Å²) >= 11 is 0. The molecule has 0 aliphatic carbocycles. The van der Waals surface area contributed by atoms with Gasteiger partial charge in [-0.05, 0) is 19.3 Å². The van der Waals surface area contributed by atoms with Crippen molar-refractivity contribution in [2.45, 2.75) is 95.9 Å². The van der Waals surface area contributed by atoms with Gasteiger partial charge in [-0.2, -0.15) is 0 Å². The molecular weight excluding hydrogens is 654 g/mol. The van der Waals surface area contributed by atoms with Gasteiger partial charge in [-0.1, -0.05) is 57.0 Å². The van der Waals surface area contributed by atoms with E-state index >= 15 is 0 Å². The van der Waals surface area contributed by atoms with E-state index in [1.807, 2.05) is 0 Å². The molecule has 0 aliphatic rings. The number of hydrogen-bond acceptors (Lipinski definition) is 10. The SMILES string of the molecule is O=C(O)CCCCCCCCCCC(=O)NC(CCC(=O)N(CCOCCOCCC(=O)P)CCOCCOCCC(=O)P)C(=O)O. The van der Waals surface area contributed by atoms with E-state index in [1.165, 1.54) is 4.90 Å². The monoisotopic (exact) mass is 710 g/mol. The molecule has 272 valence electrons. The molecule has 0 heterocycles. The maximum absolute atomic E-state index is 13.0. The first-order valence-electron chi connectivity index (χ1n) is 16.4. The molecule has 3 unspecified atom stereocenters. The van der Waals surface area contributed by atoms with Gasteiger partial charge in [-0.3, -0.25) is 24.0 Å². The van der Waals surface area contributed by atoms with E-state index in [0.717, 1.165) is 38.5 Å². The predicted molar refractivity (Wildman–Crippen MR) is 181 cm³/mol. The van der Waals surface area contributed by atoms with Gasteiger partial charge in [-0.25, -0.2) is 4.79 Å². The number of unbranched alkanes of at least 4 members (excludes halogenated alkanes) is 7. The summed E-state index contributed by atoms with van der Waals surface area (Å²) in [4.78, 5) is 71.2. The molecule has 2 amide bonds. The second kappa shape index (κ2) is 31.2. The lowest BCUT2D eigenvalue weighted by molar-refractivity contribution is -0.142. The van der Waals surface area contributed by atoms with Gasteiger partial charge in [0, 0.05) is 45.2 Å². The summed E-state index contributed by atoms with van der Waals surface area (Å²) < 4.78 is 21.7. The van der Waals surface area contributed by atoms with Crippen LogP contribution < -0.4 is 5.32 Å². The molecule has 47 heavy (non-hydrogen) atoms. The molecule has 16 heteroatoms. The van der Waals surface area contributed by atoms with Crippen LogP contribution >= 0.6 is 18.5 Å². The number of aliphatic carboxylic acids is 2. The molecule has 14 nitrogen and oxygen atoms in total. The van der Waals surface area contributed by atoms with Gasteiger partial charge in [-0.15, -0.1) is 0 Å². The highest BCUT2D eigenvalue weighted by Crippen LogP contribution is 2.11. The summed E-state index contributed by atoms with van der Waals surface area (Å²) in [7, 11) is 4.17. The van der Waals surface area contributed by atoms with E-state index in [4.69, 9.17) is 24.1 Å². The predicted octanol–water partition coefficient (Wildman–Crippen LogP) is 2.80. The highest BCUT2D eigenvalue weighted by atomic mass is 31.0. The third-order valence-electron chi connectivity index (χ3n) is 6.92. The summed E-state index contributed by atoms with van der Waals surface area (Å²) in [6.45, 7) is 2.67. The van der Waals surface area contributed by atoms with Gasteiger partial charge >= 0.3 is 11.9 Å². The Morgan fingerprint density at radius 1 is 0.553 bits per heavy atom. The van der Waals surface area contributed by atoms with Crippen LogP contribution in [-0.4, -0.2) is 122 Å². The normalized spacial score (nSPS) is 11.6. The number of carbonyl (C=O) groups excluding carboxylic acids is 4. The van der Waals surface area contributed by atoms with Crippen LogP contribution in [0.5, 0.6) is 0 Å². The van der Waals surface area contributed by atoms with Crippen molar-refractivity contribution < 1.29 is 57.9 Å². The zero-order valence-electron chi connectivity index (χ0n) is 27.6. The van der Waals surface area contributed by atoms with Crippen molar-refractivity contribution in [2.24, 2.45) is 0 Å². The fraction of sp³-hybridized carbons (Fsp3) is 0.806. The molecule has 0 spiro atoms. The first-order chi connectivity index (χ1) is 22.5. The summed E-state index contributed by atoms with van der Waals surface area (Å²) in [5.74, 6) is -2.65. The van der Waals surface area contributed by atoms with Crippen LogP contribution in [0.4, 0.5) is 0 Å². The number of nitrogens with zero attached hydrogens (tertiary/aromatic N) is 1. The lowest BCUT2D eigenvalue weighted by atomic mass is 10.1. The summed E-state index contributed by atoms with van der Waals surface area (Å²) in [6.07, 6.45) is 7.84. The summed E-state index contributed by atoms with van der Waals surface area (Å²) in [5, 5.41) is 20.8. The Labute approximate surface area is 283 Å². The number of rotatable bonds is 34. The molecule has 0 aromatic heterocycles. The number of carboxylic acids is 2. The Morgan fingerprint density at radius 2 is 0.979 bits per heavy atom. The Hall–Kier alpha value is -2.08. The molecular formula is C31H56N2O12P2. The second-order valence-corrected chi connectivity index (χ2v) is 12.3. The maximum atomic E-state index is 13.0. The summed E-state index contributed by atoms with van der Waals surface area (Å²) in [6, 6.07) is -1.19. The smallest absolute Gasteiger partial charge is 0.326 e. The lowest BCUT2D eigenvalue weighted by Gasteiger charge is -2.24. The number of ether oxygens (including phenoxy) is 4. The molecule has 0 radical (unpaired) electrons. The van der Waals surface area contributed by atoms with Crippen molar-refractivity contribution in [1.29, 1.82) is 0 Å². The van der Waals surface area contributed by atoms with Crippen molar-refractivity contribution in [3.05, 3.63) is 0 Å². The third-order valence-corrected chi connectivity index (χ3v) is 7.50. The number of carbonyl (C=O) groups is 6. The van der Waals surface area contributed by atoms with Crippen LogP contribution in [0.1, 0.15) is 89.9 Å². The quantitative estimate of drug-likeness (QED) is 0.0654. The Balaban J connectivity index is 4.54. The third kappa shape index (κ3) is 31.0. The fourth-order valence-electron chi connectivity index (χ4n) is 4.27. The Morgan fingerprint density at radius 3 is 1.40 bits per heavy atom. The van der Waals surface area contributed by atoms with Crippen molar-refractivity contribution in [3.8, 4) is 0 Å². The van der Waals surface area contributed by atoms with Crippen LogP contribution in [-0.2, 0) is 47.7 Å². The second-order valence-electron chi connectivity index (χ2n) is 11.0. The van der Waals surface area contributed by atoms with Crippen LogP contribution in [0.3, 0.4) is 0 Å². The minimum atomic E-state index is -1.21. The number of amides is 2. The Kier molecular flexibility index (Phi) is 29.8. The highest BCUT2D eigenvalue weighted by molar-refractivity contribution is 7.40. The molecule has 0 aromatic carbocycles. The van der Waals surface area contributed by atoms with E-state index < -0.39 is 18.0 Å². The largest absolute Gasteiger partial charge is 0.481 e. The number of hydrogen-bond donors (Lipinski definition) is 3. The van der Waals surface area contributed by atoms with E-state index in [0.29, 0.717) is 52.1 Å². The van der Waals surface area contributed by atoms with Crippen LogP contribution in [0.15, 0.2) is 0 Å².